The van der Waals surface area contributed by atoms with Crippen molar-refractivity contribution in [2.45, 2.75) is 0 Å². The van der Waals surface area contributed by atoms with E-state index in [1.165, 1.54) is 12.3 Å². The predicted octanol–water partition coefficient (Wildman–Crippen LogP) is 2.55. The summed E-state index contributed by atoms with van der Waals surface area (Å²) in [6.07, 6.45) is 1.44. The SMILES string of the molecule is NNC(=O)N=Nc1ccc(-c2ccc(F)nc2)cc1. The fraction of sp³-hybridized carbons (Fsp3) is 0. The van der Waals surface area contributed by atoms with Crippen molar-refractivity contribution in [1.29, 1.82) is 0 Å². The monoisotopic (exact) mass is 259 g/mol. The van der Waals surface area contributed by atoms with Gasteiger partial charge in [0.1, 0.15) is 0 Å². The molecule has 3 N–H and O–H groups in total. The van der Waals surface area contributed by atoms with Crippen LogP contribution in [0.3, 0.4) is 0 Å². The van der Waals surface area contributed by atoms with Crippen LogP contribution in [0.5, 0.6) is 0 Å². The van der Waals surface area contributed by atoms with Crippen LogP contribution < -0.4 is 11.3 Å². The van der Waals surface area contributed by atoms with Gasteiger partial charge in [-0.15, -0.1) is 5.11 Å². The largest absolute Gasteiger partial charge is 0.373 e. The molecule has 96 valence electrons. The van der Waals surface area contributed by atoms with Crippen molar-refractivity contribution in [3.05, 3.63) is 48.5 Å². The first-order valence-corrected chi connectivity index (χ1v) is 5.33. The van der Waals surface area contributed by atoms with E-state index in [0.29, 0.717) is 5.69 Å². The molecular weight excluding hydrogens is 249 g/mol. The molecule has 0 aliphatic heterocycles. The Balaban J connectivity index is 2.16. The number of hydrazine groups is 1. The molecule has 0 aliphatic rings. The molecule has 6 nitrogen and oxygen atoms in total. The van der Waals surface area contributed by atoms with E-state index in [1.54, 1.807) is 30.3 Å². The van der Waals surface area contributed by atoms with Crippen LogP contribution in [-0.4, -0.2) is 11.0 Å². The van der Waals surface area contributed by atoms with E-state index in [2.05, 4.69) is 15.2 Å². The quantitative estimate of drug-likeness (QED) is 0.285. The molecule has 0 radical (unpaired) electrons. The Kier molecular flexibility index (Phi) is 3.89. The molecule has 7 heteroatoms. The molecule has 0 saturated carbocycles. The Morgan fingerprint density at radius 1 is 1.16 bits per heavy atom. The average Bonchev–Trinajstić information content (AvgIpc) is 2.46. The van der Waals surface area contributed by atoms with Crippen molar-refractivity contribution in [2.75, 3.05) is 0 Å². The van der Waals surface area contributed by atoms with Gasteiger partial charge in [-0.3, -0.25) is 5.43 Å². The minimum Gasteiger partial charge on any atom is -0.273 e. The van der Waals surface area contributed by atoms with Gasteiger partial charge < -0.3 is 0 Å². The highest BCUT2D eigenvalue weighted by Crippen LogP contribution is 2.22. The zero-order valence-corrected chi connectivity index (χ0v) is 9.75. The van der Waals surface area contributed by atoms with E-state index >= 15 is 0 Å². The molecule has 1 aromatic carbocycles. The zero-order chi connectivity index (χ0) is 13.7. The summed E-state index contributed by atoms with van der Waals surface area (Å²) in [5.41, 5.74) is 3.98. The van der Waals surface area contributed by atoms with Crippen LogP contribution in [0.2, 0.25) is 0 Å². The Morgan fingerprint density at radius 3 is 2.42 bits per heavy atom. The minimum atomic E-state index is -0.730. The van der Waals surface area contributed by atoms with Crippen LogP contribution in [0.25, 0.3) is 11.1 Å². The molecule has 2 rings (SSSR count). The molecule has 0 spiro atoms. The number of nitrogens with one attached hydrogen (secondary N) is 1. The number of nitrogens with zero attached hydrogens (tertiary/aromatic N) is 3. The van der Waals surface area contributed by atoms with E-state index in [4.69, 9.17) is 5.84 Å². The fourth-order valence-corrected chi connectivity index (χ4v) is 1.40. The van der Waals surface area contributed by atoms with E-state index in [0.717, 1.165) is 11.1 Å². The molecule has 0 fully saturated rings. The predicted molar refractivity (Wildman–Crippen MR) is 66.9 cm³/mol. The van der Waals surface area contributed by atoms with Crippen LogP contribution in [0, 0.1) is 5.95 Å². The van der Waals surface area contributed by atoms with Crippen LogP contribution in [0.1, 0.15) is 0 Å². The molecule has 0 aliphatic carbocycles. The van der Waals surface area contributed by atoms with Crippen molar-refractivity contribution in [3.63, 3.8) is 0 Å². The number of nitrogens with two attached hydrogens (primary N) is 1. The average molecular weight is 259 g/mol. The number of rotatable bonds is 2. The summed E-state index contributed by atoms with van der Waals surface area (Å²) in [6, 6.07) is 9.06. The van der Waals surface area contributed by atoms with Gasteiger partial charge in [-0.1, -0.05) is 17.2 Å². The highest BCUT2D eigenvalue weighted by molar-refractivity contribution is 5.73. The second-order valence-corrected chi connectivity index (χ2v) is 3.57. The lowest BCUT2D eigenvalue weighted by Crippen LogP contribution is -2.26. The highest BCUT2D eigenvalue weighted by atomic mass is 19.1. The summed E-state index contributed by atoms with van der Waals surface area (Å²) >= 11 is 0. The van der Waals surface area contributed by atoms with Crippen LogP contribution >= 0.6 is 0 Å². The smallest absolute Gasteiger partial charge is 0.273 e. The minimum absolute atomic E-state index is 0.502. The van der Waals surface area contributed by atoms with Gasteiger partial charge in [-0.05, 0) is 29.8 Å². The first-order valence-electron chi connectivity index (χ1n) is 5.33. The number of azo groups is 1. The standard InChI is InChI=1S/C12H10FN5O/c13-11-6-3-9(7-15-11)8-1-4-10(5-2-8)17-18-12(19)16-14/h1-7H,14H2,(H,16,19). The van der Waals surface area contributed by atoms with Gasteiger partial charge >= 0.3 is 6.03 Å². The molecule has 0 saturated heterocycles. The topological polar surface area (TPSA) is 92.7 Å². The van der Waals surface area contributed by atoms with E-state index in [-0.39, 0.29) is 0 Å². The molecule has 0 unspecified atom stereocenters. The number of amides is 2. The third-order valence-corrected chi connectivity index (χ3v) is 2.31. The number of aromatic nitrogens is 1. The van der Waals surface area contributed by atoms with Gasteiger partial charge in [0.05, 0.1) is 5.69 Å². The first-order chi connectivity index (χ1) is 9.19. The van der Waals surface area contributed by atoms with Gasteiger partial charge in [-0.25, -0.2) is 15.6 Å². The summed E-state index contributed by atoms with van der Waals surface area (Å²) in [5.74, 6) is 4.33. The second-order valence-electron chi connectivity index (χ2n) is 3.57. The lowest BCUT2D eigenvalue weighted by atomic mass is 10.1. The van der Waals surface area contributed by atoms with Crippen molar-refractivity contribution in [2.24, 2.45) is 16.1 Å². The third kappa shape index (κ3) is 3.39. The summed E-state index contributed by atoms with van der Waals surface area (Å²) in [6.45, 7) is 0. The number of carbonyl (C=O) groups excluding carboxylic acids is 1. The fourth-order valence-electron chi connectivity index (χ4n) is 1.40. The highest BCUT2D eigenvalue weighted by Gasteiger charge is 1.99. The molecule has 0 bridgehead atoms. The maximum atomic E-state index is 12.7. The summed E-state index contributed by atoms with van der Waals surface area (Å²) < 4.78 is 12.7. The number of hydrogen-bond acceptors (Lipinski definition) is 4. The number of benzene rings is 1. The van der Waals surface area contributed by atoms with Gasteiger partial charge in [0, 0.05) is 11.8 Å². The summed E-state index contributed by atoms with van der Waals surface area (Å²) in [7, 11) is 0. The number of pyridine rings is 1. The molecule has 19 heavy (non-hydrogen) atoms. The lowest BCUT2D eigenvalue weighted by molar-refractivity contribution is 0.248. The number of halogens is 1. The van der Waals surface area contributed by atoms with Gasteiger partial charge in [0.25, 0.3) is 0 Å². The van der Waals surface area contributed by atoms with Crippen LogP contribution in [0.4, 0.5) is 14.9 Å². The Morgan fingerprint density at radius 2 is 1.84 bits per heavy atom. The maximum Gasteiger partial charge on any atom is 0.373 e. The summed E-state index contributed by atoms with van der Waals surface area (Å²) in [4.78, 5) is 14.3. The van der Waals surface area contributed by atoms with Crippen molar-refractivity contribution < 1.29 is 9.18 Å². The first kappa shape index (κ1) is 12.8. The Labute approximate surface area is 108 Å². The molecule has 2 amide bonds. The number of urea groups is 1. The Bertz CT molecular complexity index is 595. The zero-order valence-electron chi connectivity index (χ0n) is 9.75. The van der Waals surface area contributed by atoms with Crippen LogP contribution in [0.15, 0.2) is 52.8 Å². The van der Waals surface area contributed by atoms with E-state index < -0.39 is 12.0 Å². The van der Waals surface area contributed by atoms with Crippen molar-refractivity contribution in [3.8, 4) is 11.1 Å². The van der Waals surface area contributed by atoms with Crippen molar-refractivity contribution >= 4 is 11.7 Å². The number of carbonyl (C=O) groups is 1. The second kappa shape index (κ2) is 5.78. The molecule has 2 aromatic rings. The van der Waals surface area contributed by atoms with E-state index in [9.17, 15) is 9.18 Å². The number of hydrogen-bond donors (Lipinski definition) is 2. The van der Waals surface area contributed by atoms with Gasteiger partial charge in [0.15, 0.2) is 0 Å². The molecule has 1 aromatic heterocycles. The molecule has 0 atom stereocenters. The van der Waals surface area contributed by atoms with E-state index in [1.807, 2.05) is 5.43 Å². The Hall–Kier alpha value is -2.67. The van der Waals surface area contributed by atoms with Crippen molar-refractivity contribution in [1.82, 2.24) is 10.4 Å². The lowest BCUT2D eigenvalue weighted by Gasteiger charge is -2.00. The van der Waals surface area contributed by atoms with Crippen LogP contribution in [-0.2, 0) is 0 Å². The molecule has 1 heterocycles. The molecular formula is C12H10FN5O. The van der Waals surface area contributed by atoms with Gasteiger partial charge in [0.2, 0.25) is 5.95 Å². The van der Waals surface area contributed by atoms with Gasteiger partial charge in [-0.2, -0.15) is 4.39 Å². The normalized spacial score (nSPS) is 10.6. The maximum absolute atomic E-state index is 12.7. The summed E-state index contributed by atoms with van der Waals surface area (Å²) in [5, 5.41) is 7.00. The third-order valence-electron chi connectivity index (χ3n) is 2.31.